The van der Waals surface area contributed by atoms with Crippen molar-refractivity contribution in [3.8, 4) is 0 Å². The van der Waals surface area contributed by atoms with E-state index in [1.54, 1.807) is 25.1 Å². The molecule has 0 aromatic heterocycles. The lowest BCUT2D eigenvalue weighted by atomic mass is 10.1. The zero-order valence-electron chi connectivity index (χ0n) is 7.42. The summed E-state index contributed by atoms with van der Waals surface area (Å²) in [6.45, 7) is 1.68. The van der Waals surface area contributed by atoms with Gasteiger partial charge in [-0.1, -0.05) is 29.3 Å². The maximum atomic E-state index is 10.4. The zero-order valence-corrected chi connectivity index (χ0v) is 8.93. The van der Waals surface area contributed by atoms with Crippen LogP contribution in [0.3, 0.4) is 0 Å². The third-order valence-electron chi connectivity index (χ3n) is 1.70. The highest BCUT2D eigenvalue weighted by atomic mass is 35.5. The molecule has 14 heavy (non-hydrogen) atoms. The fourth-order valence-corrected chi connectivity index (χ4v) is 1.63. The van der Waals surface area contributed by atoms with Gasteiger partial charge < -0.3 is 5.11 Å². The molecule has 1 aromatic rings. The van der Waals surface area contributed by atoms with Crippen LogP contribution in [0.4, 0.5) is 0 Å². The van der Waals surface area contributed by atoms with Gasteiger partial charge in [-0.2, -0.15) is 0 Å². The minimum absolute atomic E-state index is 0.451. The van der Waals surface area contributed by atoms with Gasteiger partial charge in [0.1, 0.15) is 0 Å². The van der Waals surface area contributed by atoms with Gasteiger partial charge in [-0.15, -0.1) is 0 Å². The molecule has 0 spiro atoms. The summed E-state index contributed by atoms with van der Waals surface area (Å²) in [6.07, 6.45) is 1.11. The molecule has 2 nitrogen and oxygen atoms in total. The Morgan fingerprint density at radius 3 is 2.57 bits per heavy atom. The van der Waals surface area contributed by atoms with Crippen LogP contribution in [-0.4, -0.2) is 11.1 Å². The highest BCUT2D eigenvalue weighted by Crippen LogP contribution is 2.26. The molecule has 0 saturated carbocycles. The van der Waals surface area contributed by atoms with E-state index in [0.29, 0.717) is 21.2 Å². The topological polar surface area (TPSA) is 37.3 Å². The number of hydrogen-bond acceptors (Lipinski definition) is 1. The van der Waals surface area contributed by atoms with Crippen LogP contribution in [0.5, 0.6) is 0 Å². The van der Waals surface area contributed by atoms with Gasteiger partial charge in [-0.3, -0.25) is 0 Å². The van der Waals surface area contributed by atoms with Crippen molar-refractivity contribution in [3.05, 3.63) is 39.9 Å². The van der Waals surface area contributed by atoms with E-state index < -0.39 is 5.97 Å². The highest BCUT2D eigenvalue weighted by molar-refractivity contribution is 6.35. The fourth-order valence-electron chi connectivity index (χ4n) is 1.07. The maximum Gasteiger partial charge on any atom is 0.328 e. The van der Waals surface area contributed by atoms with Crippen molar-refractivity contribution in [1.82, 2.24) is 0 Å². The Bertz CT molecular complexity index is 397. The lowest BCUT2D eigenvalue weighted by molar-refractivity contribution is -0.131. The molecular weight excluding hydrogens is 223 g/mol. The average Bonchev–Trinajstić information content (AvgIpc) is 2.01. The van der Waals surface area contributed by atoms with E-state index in [-0.39, 0.29) is 0 Å². The SMILES string of the molecule is C/C(=C/C(=O)O)c1ccc(Cl)cc1Cl. The molecule has 1 N–H and O–H groups in total. The summed E-state index contributed by atoms with van der Waals surface area (Å²) in [6, 6.07) is 4.94. The molecular formula is C10H8Cl2O2. The first-order chi connectivity index (χ1) is 6.50. The largest absolute Gasteiger partial charge is 0.478 e. The van der Waals surface area contributed by atoms with Crippen molar-refractivity contribution >= 4 is 34.7 Å². The molecule has 0 unspecified atom stereocenters. The molecule has 0 radical (unpaired) electrons. The van der Waals surface area contributed by atoms with Gasteiger partial charge in [-0.05, 0) is 30.2 Å². The predicted octanol–water partition coefficient (Wildman–Crippen LogP) is 3.48. The van der Waals surface area contributed by atoms with Crippen molar-refractivity contribution in [2.75, 3.05) is 0 Å². The van der Waals surface area contributed by atoms with E-state index >= 15 is 0 Å². The van der Waals surface area contributed by atoms with Gasteiger partial charge in [0.2, 0.25) is 0 Å². The molecule has 1 rings (SSSR count). The molecule has 1 aromatic carbocycles. The van der Waals surface area contributed by atoms with Gasteiger partial charge in [-0.25, -0.2) is 4.79 Å². The second-order valence-electron chi connectivity index (χ2n) is 2.79. The van der Waals surface area contributed by atoms with E-state index in [2.05, 4.69) is 0 Å². The van der Waals surface area contributed by atoms with Crippen molar-refractivity contribution in [2.24, 2.45) is 0 Å². The Labute approximate surface area is 91.8 Å². The number of hydrogen-bond donors (Lipinski definition) is 1. The van der Waals surface area contributed by atoms with E-state index in [1.807, 2.05) is 0 Å². The Morgan fingerprint density at radius 2 is 2.07 bits per heavy atom. The van der Waals surface area contributed by atoms with Gasteiger partial charge >= 0.3 is 5.97 Å². The minimum Gasteiger partial charge on any atom is -0.478 e. The molecule has 0 amide bonds. The quantitative estimate of drug-likeness (QED) is 0.791. The lowest BCUT2D eigenvalue weighted by Gasteiger charge is -2.03. The third-order valence-corrected chi connectivity index (χ3v) is 2.24. The molecule has 0 heterocycles. The second-order valence-corrected chi connectivity index (χ2v) is 3.63. The Morgan fingerprint density at radius 1 is 1.43 bits per heavy atom. The maximum absolute atomic E-state index is 10.4. The van der Waals surface area contributed by atoms with Crippen molar-refractivity contribution in [3.63, 3.8) is 0 Å². The molecule has 0 bridgehead atoms. The fraction of sp³-hybridized carbons (Fsp3) is 0.100. The number of carboxylic acids is 1. The van der Waals surface area contributed by atoms with Crippen LogP contribution in [0.15, 0.2) is 24.3 Å². The molecule has 0 atom stereocenters. The van der Waals surface area contributed by atoms with E-state index in [9.17, 15) is 4.79 Å². The van der Waals surface area contributed by atoms with Gasteiger partial charge in [0.25, 0.3) is 0 Å². The first-order valence-corrected chi connectivity index (χ1v) is 4.63. The molecule has 0 aliphatic rings. The predicted molar refractivity (Wildman–Crippen MR) is 57.7 cm³/mol. The summed E-state index contributed by atoms with van der Waals surface area (Å²) in [5.41, 5.74) is 1.28. The minimum atomic E-state index is -0.992. The van der Waals surface area contributed by atoms with Gasteiger partial charge in [0.05, 0.1) is 0 Å². The van der Waals surface area contributed by atoms with Crippen molar-refractivity contribution < 1.29 is 9.90 Å². The van der Waals surface area contributed by atoms with Gasteiger partial charge in [0.15, 0.2) is 0 Å². The number of halogens is 2. The summed E-state index contributed by atoms with van der Waals surface area (Å²) in [7, 11) is 0. The summed E-state index contributed by atoms with van der Waals surface area (Å²) in [5, 5.41) is 9.53. The normalized spacial score (nSPS) is 11.5. The number of carbonyl (C=O) groups is 1. The summed E-state index contributed by atoms with van der Waals surface area (Å²) in [4.78, 5) is 10.4. The lowest BCUT2D eigenvalue weighted by Crippen LogP contribution is -1.90. The number of allylic oxidation sites excluding steroid dienone is 1. The van der Waals surface area contributed by atoms with Crippen LogP contribution < -0.4 is 0 Å². The van der Waals surface area contributed by atoms with Crippen molar-refractivity contribution in [1.29, 1.82) is 0 Å². The summed E-state index contributed by atoms with van der Waals surface area (Å²) < 4.78 is 0. The zero-order chi connectivity index (χ0) is 10.7. The van der Waals surface area contributed by atoms with Crippen LogP contribution in [0.1, 0.15) is 12.5 Å². The summed E-state index contributed by atoms with van der Waals surface area (Å²) >= 11 is 11.6. The molecule has 0 aliphatic heterocycles. The Hall–Kier alpha value is -0.990. The average molecular weight is 231 g/mol. The molecule has 74 valence electrons. The van der Waals surface area contributed by atoms with Crippen LogP contribution >= 0.6 is 23.2 Å². The van der Waals surface area contributed by atoms with Crippen LogP contribution in [0, 0.1) is 0 Å². The van der Waals surface area contributed by atoms with E-state index in [0.717, 1.165) is 6.08 Å². The van der Waals surface area contributed by atoms with Crippen LogP contribution in [0.25, 0.3) is 5.57 Å². The smallest absolute Gasteiger partial charge is 0.328 e. The second kappa shape index (κ2) is 4.49. The monoisotopic (exact) mass is 230 g/mol. The standard InChI is InChI=1S/C10H8Cl2O2/c1-6(4-10(13)14)8-3-2-7(11)5-9(8)12/h2-5H,1H3,(H,13,14)/b6-4-. The molecule has 4 heteroatoms. The number of rotatable bonds is 2. The Kier molecular flexibility index (Phi) is 3.55. The number of aliphatic carboxylic acids is 1. The third kappa shape index (κ3) is 2.76. The summed E-state index contributed by atoms with van der Waals surface area (Å²) in [5.74, 6) is -0.992. The molecule has 0 aliphatic carbocycles. The first-order valence-electron chi connectivity index (χ1n) is 3.87. The number of benzene rings is 1. The molecule has 0 saturated heterocycles. The van der Waals surface area contributed by atoms with E-state index in [4.69, 9.17) is 28.3 Å². The highest BCUT2D eigenvalue weighted by Gasteiger charge is 2.04. The Balaban J connectivity index is 3.14. The number of carboxylic acid groups (broad SMARTS) is 1. The van der Waals surface area contributed by atoms with E-state index in [1.165, 1.54) is 0 Å². The van der Waals surface area contributed by atoms with Crippen LogP contribution in [-0.2, 0) is 4.79 Å². The van der Waals surface area contributed by atoms with Gasteiger partial charge in [0, 0.05) is 16.1 Å². The molecule has 0 fully saturated rings. The van der Waals surface area contributed by atoms with Crippen molar-refractivity contribution in [2.45, 2.75) is 6.92 Å². The first kappa shape index (κ1) is 11.1. The van der Waals surface area contributed by atoms with Crippen LogP contribution in [0.2, 0.25) is 10.0 Å².